The smallest absolute Gasteiger partial charge is 0.162 e. The van der Waals surface area contributed by atoms with Gasteiger partial charge >= 0.3 is 0 Å². The van der Waals surface area contributed by atoms with Crippen molar-refractivity contribution in [3.63, 3.8) is 0 Å². The van der Waals surface area contributed by atoms with Gasteiger partial charge in [0.05, 0.1) is 10.6 Å². The maximum atomic E-state index is 13.3. The fourth-order valence-electron chi connectivity index (χ4n) is 1.35. The molecular formula is C11H13ClF2O2S. The van der Waals surface area contributed by atoms with Gasteiger partial charge in [0, 0.05) is 6.26 Å². The summed E-state index contributed by atoms with van der Waals surface area (Å²) in [5.74, 6) is -1.93. The third kappa shape index (κ3) is 3.64. The molecule has 1 rings (SSSR count). The highest BCUT2D eigenvalue weighted by molar-refractivity contribution is 7.91. The maximum absolute atomic E-state index is 13.3. The van der Waals surface area contributed by atoms with E-state index in [0.29, 0.717) is 0 Å². The van der Waals surface area contributed by atoms with Gasteiger partial charge in [0.15, 0.2) is 21.5 Å². The van der Waals surface area contributed by atoms with E-state index < -0.39 is 32.1 Å². The molecule has 0 bridgehead atoms. The summed E-state index contributed by atoms with van der Waals surface area (Å²) >= 11 is 5.91. The van der Waals surface area contributed by atoms with Crippen molar-refractivity contribution in [2.45, 2.75) is 24.0 Å². The van der Waals surface area contributed by atoms with Crippen molar-refractivity contribution in [3.8, 4) is 0 Å². The number of rotatable bonds is 4. The molecule has 96 valence electrons. The van der Waals surface area contributed by atoms with E-state index in [1.165, 1.54) is 19.1 Å². The lowest BCUT2D eigenvalue weighted by molar-refractivity contribution is 0.497. The third-order valence-electron chi connectivity index (χ3n) is 2.63. The summed E-state index contributed by atoms with van der Waals surface area (Å²) in [4.78, 5) is 0. The van der Waals surface area contributed by atoms with Crippen LogP contribution in [0.3, 0.4) is 0 Å². The summed E-state index contributed by atoms with van der Waals surface area (Å²) in [5.41, 5.74) is 0.0838. The van der Waals surface area contributed by atoms with Crippen LogP contribution in [0.15, 0.2) is 18.2 Å². The highest BCUT2D eigenvalue weighted by atomic mass is 35.5. The van der Waals surface area contributed by atoms with Crippen LogP contribution in [0.25, 0.3) is 0 Å². The van der Waals surface area contributed by atoms with E-state index in [0.717, 1.165) is 12.3 Å². The summed E-state index contributed by atoms with van der Waals surface area (Å²) in [7, 11) is -3.29. The third-order valence-corrected chi connectivity index (χ3v) is 4.99. The fraction of sp³-hybridized carbons (Fsp3) is 0.455. The number of halogens is 3. The quantitative estimate of drug-likeness (QED) is 0.796. The van der Waals surface area contributed by atoms with Gasteiger partial charge in [-0.1, -0.05) is 12.1 Å². The first kappa shape index (κ1) is 14.4. The molecule has 0 amide bonds. The fourth-order valence-corrected chi connectivity index (χ4v) is 2.71. The summed E-state index contributed by atoms with van der Waals surface area (Å²) in [6.07, 6.45) is 1.04. The van der Waals surface area contributed by atoms with E-state index in [2.05, 4.69) is 0 Å². The van der Waals surface area contributed by atoms with Crippen molar-refractivity contribution in [1.29, 1.82) is 0 Å². The maximum Gasteiger partial charge on any atom is 0.162 e. The van der Waals surface area contributed by atoms with Gasteiger partial charge in [-0.3, -0.25) is 0 Å². The molecule has 0 radical (unpaired) electrons. The topological polar surface area (TPSA) is 34.1 Å². The molecule has 1 aromatic carbocycles. The molecule has 0 aromatic heterocycles. The van der Waals surface area contributed by atoms with Crippen LogP contribution in [-0.4, -0.2) is 25.3 Å². The van der Waals surface area contributed by atoms with Crippen molar-refractivity contribution in [1.82, 2.24) is 0 Å². The monoisotopic (exact) mass is 282 g/mol. The molecule has 6 heteroatoms. The molecule has 2 atom stereocenters. The SMILES string of the molecule is CC(C(Cl)Cc1cccc(F)c1F)S(C)(=O)=O. The number of hydrogen-bond acceptors (Lipinski definition) is 2. The highest BCUT2D eigenvalue weighted by Gasteiger charge is 2.25. The first-order valence-corrected chi connectivity index (χ1v) is 7.38. The van der Waals surface area contributed by atoms with Gasteiger partial charge in [-0.15, -0.1) is 11.6 Å². The lowest BCUT2D eigenvalue weighted by Crippen LogP contribution is -2.28. The minimum Gasteiger partial charge on any atom is -0.229 e. The largest absolute Gasteiger partial charge is 0.229 e. The summed E-state index contributed by atoms with van der Waals surface area (Å²) in [6, 6.07) is 3.76. The molecular weight excluding hydrogens is 270 g/mol. The van der Waals surface area contributed by atoms with Crippen LogP contribution in [0.1, 0.15) is 12.5 Å². The van der Waals surface area contributed by atoms with Crippen LogP contribution in [-0.2, 0) is 16.3 Å². The van der Waals surface area contributed by atoms with Gasteiger partial charge in [0.2, 0.25) is 0 Å². The van der Waals surface area contributed by atoms with Gasteiger partial charge in [0.1, 0.15) is 0 Å². The molecule has 1 aromatic rings. The second-order valence-corrected chi connectivity index (χ2v) is 6.93. The molecule has 0 spiro atoms. The lowest BCUT2D eigenvalue weighted by Gasteiger charge is -2.16. The van der Waals surface area contributed by atoms with Crippen LogP contribution < -0.4 is 0 Å². The Kier molecular flexibility index (Phi) is 4.49. The Labute approximate surface area is 105 Å². The zero-order valence-corrected chi connectivity index (χ0v) is 11.0. The predicted molar refractivity (Wildman–Crippen MR) is 64.0 cm³/mol. The normalized spacial score (nSPS) is 15.6. The van der Waals surface area contributed by atoms with E-state index in [1.54, 1.807) is 0 Å². The Morgan fingerprint density at radius 2 is 1.94 bits per heavy atom. The van der Waals surface area contributed by atoms with E-state index in [4.69, 9.17) is 11.6 Å². The van der Waals surface area contributed by atoms with Crippen LogP contribution in [0.4, 0.5) is 8.78 Å². The van der Waals surface area contributed by atoms with E-state index >= 15 is 0 Å². The summed E-state index contributed by atoms with van der Waals surface area (Å²) in [6.45, 7) is 1.45. The molecule has 2 nitrogen and oxygen atoms in total. The standard InChI is InChI=1S/C11H13ClF2O2S/c1-7(17(2,15)16)9(12)6-8-4-3-5-10(13)11(8)14/h3-5,7,9H,6H2,1-2H3. The minimum atomic E-state index is -3.29. The molecule has 17 heavy (non-hydrogen) atoms. The zero-order valence-electron chi connectivity index (χ0n) is 9.45. The molecule has 0 aliphatic carbocycles. The predicted octanol–water partition coefficient (Wildman–Crippen LogP) is 2.55. The minimum absolute atomic E-state index is 0.0284. The van der Waals surface area contributed by atoms with Crippen LogP contribution >= 0.6 is 11.6 Å². The summed E-state index contributed by atoms with van der Waals surface area (Å²) < 4.78 is 48.8. The van der Waals surface area contributed by atoms with Gasteiger partial charge in [0.25, 0.3) is 0 Å². The molecule has 0 N–H and O–H groups in total. The number of benzene rings is 1. The molecule has 0 fully saturated rings. The number of hydrogen-bond donors (Lipinski definition) is 0. The second-order valence-electron chi connectivity index (χ2n) is 3.97. The zero-order chi connectivity index (χ0) is 13.2. The first-order valence-electron chi connectivity index (χ1n) is 4.99. The molecule has 0 saturated heterocycles. The average molecular weight is 283 g/mol. The van der Waals surface area contributed by atoms with Gasteiger partial charge in [-0.25, -0.2) is 17.2 Å². The average Bonchev–Trinajstić information content (AvgIpc) is 2.22. The lowest BCUT2D eigenvalue weighted by atomic mass is 10.1. The Bertz CT molecular complexity index is 502. The van der Waals surface area contributed by atoms with Crippen molar-refractivity contribution in [2.75, 3.05) is 6.26 Å². The van der Waals surface area contributed by atoms with Crippen LogP contribution in [0.5, 0.6) is 0 Å². The molecule has 0 saturated carbocycles. The Morgan fingerprint density at radius 3 is 2.47 bits per heavy atom. The number of alkyl halides is 1. The van der Waals surface area contributed by atoms with E-state index in [-0.39, 0.29) is 12.0 Å². The van der Waals surface area contributed by atoms with Crippen molar-refractivity contribution >= 4 is 21.4 Å². The van der Waals surface area contributed by atoms with Crippen molar-refractivity contribution in [2.24, 2.45) is 0 Å². The van der Waals surface area contributed by atoms with Crippen LogP contribution in [0, 0.1) is 11.6 Å². The number of sulfone groups is 1. The molecule has 0 aliphatic rings. The van der Waals surface area contributed by atoms with Crippen LogP contribution in [0.2, 0.25) is 0 Å². The van der Waals surface area contributed by atoms with E-state index in [9.17, 15) is 17.2 Å². The molecule has 0 heterocycles. The molecule has 2 unspecified atom stereocenters. The Hall–Kier alpha value is -0.680. The second kappa shape index (κ2) is 5.31. The van der Waals surface area contributed by atoms with Gasteiger partial charge < -0.3 is 0 Å². The van der Waals surface area contributed by atoms with E-state index in [1.807, 2.05) is 0 Å². The van der Waals surface area contributed by atoms with Crippen molar-refractivity contribution in [3.05, 3.63) is 35.4 Å². The van der Waals surface area contributed by atoms with Gasteiger partial charge in [-0.05, 0) is 25.0 Å². The first-order chi connectivity index (χ1) is 7.73. The molecule has 0 aliphatic heterocycles. The Balaban J connectivity index is 2.89. The summed E-state index contributed by atoms with van der Waals surface area (Å²) in [5, 5.41) is -1.60. The van der Waals surface area contributed by atoms with Crippen molar-refractivity contribution < 1.29 is 17.2 Å². The highest BCUT2D eigenvalue weighted by Crippen LogP contribution is 2.20. The van der Waals surface area contributed by atoms with Gasteiger partial charge in [-0.2, -0.15) is 0 Å². The Morgan fingerprint density at radius 1 is 1.35 bits per heavy atom.